The molecular formula is C14H12BrCl2NO2S. The van der Waals surface area contributed by atoms with Crippen LogP contribution in [0.4, 0.5) is 5.69 Å². The van der Waals surface area contributed by atoms with E-state index < -0.39 is 10.0 Å². The van der Waals surface area contributed by atoms with Crippen LogP contribution >= 0.6 is 39.1 Å². The molecule has 0 unspecified atom stereocenters. The van der Waals surface area contributed by atoms with Crippen LogP contribution in [0.3, 0.4) is 0 Å². The van der Waals surface area contributed by atoms with E-state index in [1.807, 2.05) is 6.92 Å². The average molecular weight is 409 g/mol. The lowest BCUT2D eigenvalue weighted by molar-refractivity contribution is 0.600. The molecule has 3 nitrogen and oxygen atoms in total. The van der Waals surface area contributed by atoms with E-state index in [0.717, 1.165) is 11.1 Å². The van der Waals surface area contributed by atoms with Crippen molar-refractivity contribution < 1.29 is 8.42 Å². The Kier molecular flexibility index (Phi) is 4.88. The van der Waals surface area contributed by atoms with Gasteiger partial charge in [0.15, 0.2) is 0 Å². The summed E-state index contributed by atoms with van der Waals surface area (Å²) in [5, 5.41) is 0.740. The fraction of sp³-hybridized carbons (Fsp3) is 0.143. The molecule has 0 bridgehead atoms. The van der Waals surface area contributed by atoms with Gasteiger partial charge in [-0.05, 0) is 65.2 Å². The van der Waals surface area contributed by atoms with Crippen LogP contribution in [0.1, 0.15) is 11.1 Å². The summed E-state index contributed by atoms with van der Waals surface area (Å²) in [6.45, 7) is 3.67. The Bertz CT molecular complexity index is 807. The van der Waals surface area contributed by atoms with E-state index in [9.17, 15) is 8.42 Å². The Labute approximate surface area is 142 Å². The van der Waals surface area contributed by atoms with Crippen molar-refractivity contribution in [2.24, 2.45) is 0 Å². The highest BCUT2D eigenvalue weighted by Crippen LogP contribution is 2.32. The van der Waals surface area contributed by atoms with Crippen LogP contribution in [0.2, 0.25) is 10.0 Å². The molecule has 21 heavy (non-hydrogen) atoms. The van der Waals surface area contributed by atoms with Gasteiger partial charge in [-0.3, -0.25) is 4.72 Å². The number of rotatable bonds is 3. The molecule has 0 amide bonds. The zero-order chi connectivity index (χ0) is 15.8. The SMILES string of the molecule is Cc1ccc(S(=O)(=O)Nc2cc(Cl)c(C)cc2Cl)c(Br)c1. The summed E-state index contributed by atoms with van der Waals surface area (Å²) in [5.74, 6) is 0. The average Bonchev–Trinajstić information content (AvgIpc) is 2.35. The Balaban J connectivity index is 2.45. The van der Waals surface area contributed by atoms with Crippen LogP contribution in [0.5, 0.6) is 0 Å². The molecule has 0 aliphatic rings. The minimum absolute atomic E-state index is 0.140. The maximum Gasteiger partial charge on any atom is 0.263 e. The van der Waals surface area contributed by atoms with Crippen molar-refractivity contribution in [3.63, 3.8) is 0 Å². The third-order valence-electron chi connectivity index (χ3n) is 2.87. The van der Waals surface area contributed by atoms with E-state index in [1.165, 1.54) is 12.1 Å². The van der Waals surface area contributed by atoms with E-state index in [1.54, 1.807) is 25.1 Å². The molecule has 0 atom stereocenters. The Hall–Kier alpha value is -0.750. The largest absolute Gasteiger partial charge is 0.278 e. The lowest BCUT2D eigenvalue weighted by Gasteiger charge is -2.12. The summed E-state index contributed by atoms with van der Waals surface area (Å²) < 4.78 is 27.8. The van der Waals surface area contributed by atoms with Crippen LogP contribution in [-0.4, -0.2) is 8.42 Å². The normalized spacial score (nSPS) is 11.5. The van der Waals surface area contributed by atoms with Gasteiger partial charge in [0, 0.05) is 9.50 Å². The Morgan fingerprint density at radius 2 is 1.71 bits per heavy atom. The highest BCUT2D eigenvalue weighted by molar-refractivity contribution is 9.10. The molecule has 0 aromatic heterocycles. The standard InChI is InChI=1S/C14H12BrCl2NO2S/c1-8-3-4-14(10(15)5-8)21(19,20)18-13-7-11(16)9(2)6-12(13)17/h3-7,18H,1-2H3. The van der Waals surface area contributed by atoms with Crippen LogP contribution in [0.25, 0.3) is 0 Å². The zero-order valence-corrected chi connectivity index (χ0v) is 15.2. The second-order valence-electron chi connectivity index (χ2n) is 4.62. The van der Waals surface area contributed by atoms with Gasteiger partial charge in [-0.2, -0.15) is 0 Å². The summed E-state index contributed by atoms with van der Waals surface area (Å²) in [5.41, 5.74) is 1.98. The monoisotopic (exact) mass is 407 g/mol. The number of aryl methyl sites for hydroxylation is 2. The number of halogens is 3. The van der Waals surface area contributed by atoms with Crippen LogP contribution in [-0.2, 0) is 10.0 Å². The Morgan fingerprint density at radius 3 is 2.33 bits per heavy atom. The third-order valence-corrected chi connectivity index (χ3v) is 5.93. The van der Waals surface area contributed by atoms with E-state index in [0.29, 0.717) is 14.5 Å². The quantitative estimate of drug-likeness (QED) is 0.760. The third kappa shape index (κ3) is 3.72. The van der Waals surface area contributed by atoms with E-state index in [4.69, 9.17) is 23.2 Å². The minimum Gasteiger partial charge on any atom is -0.278 e. The van der Waals surface area contributed by atoms with Crippen molar-refractivity contribution in [1.82, 2.24) is 0 Å². The maximum absolute atomic E-state index is 12.4. The molecule has 0 saturated heterocycles. The zero-order valence-electron chi connectivity index (χ0n) is 11.2. The lowest BCUT2D eigenvalue weighted by atomic mass is 10.2. The summed E-state index contributed by atoms with van der Waals surface area (Å²) in [7, 11) is -3.75. The molecule has 0 saturated carbocycles. The van der Waals surface area contributed by atoms with Gasteiger partial charge in [0.25, 0.3) is 10.0 Å². The molecule has 0 fully saturated rings. The van der Waals surface area contributed by atoms with Gasteiger partial charge < -0.3 is 0 Å². The number of nitrogens with one attached hydrogen (secondary N) is 1. The molecule has 0 heterocycles. The van der Waals surface area contributed by atoms with Gasteiger partial charge in [0.2, 0.25) is 0 Å². The van der Waals surface area contributed by atoms with Crippen molar-refractivity contribution in [1.29, 1.82) is 0 Å². The van der Waals surface area contributed by atoms with Crippen LogP contribution in [0.15, 0.2) is 39.7 Å². The van der Waals surface area contributed by atoms with Crippen LogP contribution < -0.4 is 4.72 Å². The molecule has 0 radical (unpaired) electrons. The summed E-state index contributed by atoms with van der Waals surface area (Å²) in [6.07, 6.45) is 0. The number of hydrogen-bond donors (Lipinski definition) is 1. The molecule has 1 N–H and O–H groups in total. The molecular weight excluding hydrogens is 397 g/mol. The minimum atomic E-state index is -3.75. The van der Waals surface area contributed by atoms with Gasteiger partial charge in [-0.15, -0.1) is 0 Å². The van der Waals surface area contributed by atoms with E-state index in [2.05, 4.69) is 20.7 Å². The number of sulfonamides is 1. The maximum atomic E-state index is 12.4. The highest BCUT2D eigenvalue weighted by Gasteiger charge is 2.19. The van der Waals surface area contributed by atoms with Gasteiger partial charge in [-0.25, -0.2) is 8.42 Å². The van der Waals surface area contributed by atoms with E-state index in [-0.39, 0.29) is 10.6 Å². The topological polar surface area (TPSA) is 46.2 Å². The number of benzene rings is 2. The van der Waals surface area contributed by atoms with Crippen LogP contribution in [0, 0.1) is 13.8 Å². The first-order valence-electron chi connectivity index (χ1n) is 5.95. The van der Waals surface area contributed by atoms with Crippen molar-refractivity contribution in [3.8, 4) is 0 Å². The second kappa shape index (κ2) is 6.16. The highest BCUT2D eigenvalue weighted by atomic mass is 79.9. The molecule has 0 aliphatic heterocycles. The predicted octanol–water partition coefficient (Wildman–Crippen LogP) is 5.17. The predicted molar refractivity (Wildman–Crippen MR) is 90.9 cm³/mol. The summed E-state index contributed by atoms with van der Waals surface area (Å²) >= 11 is 15.3. The molecule has 2 rings (SSSR count). The molecule has 112 valence electrons. The van der Waals surface area contributed by atoms with Crippen molar-refractivity contribution in [2.75, 3.05) is 4.72 Å². The first-order chi connectivity index (χ1) is 9.70. The Morgan fingerprint density at radius 1 is 1.05 bits per heavy atom. The van der Waals surface area contributed by atoms with E-state index >= 15 is 0 Å². The molecule has 0 spiro atoms. The number of hydrogen-bond acceptors (Lipinski definition) is 2. The molecule has 0 aliphatic carbocycles. The van der Waals surface area contributed by atoms with Gasteiger partial charge in [0.1, 0.15) is 4.90 Å². The van der Waals surface area contributed by atoms with Crippen molar-refractivity contribution >= 4 is 54.8 Å². The second-order valence-corrected chi connectivity index (χ2v) is 7.94. The fourth-order valence-electron chi connectivity index (χ4n) is 1.75. The smallest absolute Gasteiger partial charge is 0.263 e. The summed E-state index contributed by atoms with van der Waals surface area (Å²) in [4.78, 5) is 0.140. The van der Waals surface area contributed by atoms with Crippen molar-refractivity contribution in [3.05, 3.63) is 56.0 Å². The summed E-state index contributed by atoms with van der Waals surface area (Å²) in [6, 6.07) is 8.11. The molecule has 2 aromatic rings. The first kappa shape index (κ1) is 16.6. The molecule has 7 heteroatoms. The van der Waals surface area contributed by atoms with Gasteiger partial charge >= 0.3 is 0 Å². The van der Waals surface area contributed by atoms with Gasteiger partial charge in [-0.1, -0.05) is 29.3 Å². The van der Waals surface area contributed by atoms with Crippen molar-refractivity contribution in [2.45, 2.75) is 18.7 Å². The fourth-order valence-corrected chi connectivity index (χ4v) is 4.50. The lowest BCUT2D eigenvalue weighted by Crippen LogP contribution is -2.14. The first-order valence-corrected chi connectivity index (χ1v) is 8.98. The van der Waals surface area contributed by atoms with Gasteiger partial charge in [0.05, 0.1) is 10.7 Å². The molecule has 2 aromatic carbocycles. The number of anilines is 1.